The molecule has 1 saturated heterocycles. The summed E-state index contributed by atoms with van der Waals surface area (Å²) in [6.07, 6.45) is 5.89. The van der Waals surface area contributed by atoms with Crippen LogP contribution < -0.4 is 11.0 Å². The molecule has 8 rings (SSSR count). The van der Waals surface area contributed by atoms with Crippen molar-refractivity contribution in [3.63, 3.8) is 0 Å². The van der Waals surface area contributed by atoms with Gasteiger partial charge in [0.1, 0.15) is 24.5 Å². The van der Waals surface area contributed by atoms with E-state index < -0.39 is 13.2 Å². The molecule has 10 nitrogen and oxygen atoms in total. The van der Waals surface area contributed by atoms with Gasteiger partial charge in [-0.2, -0.15) is 5.10 Å². The zero-order valence-corrected chi connectivity index (χ0v) is 35.0. The minimum absolute atomic E-state index is 0.0125. The van der Waals surface area contributed by atoms with Crippen LogP contribution in [0.4, 0.5) is 4.39 Å². The summed E-state index contributed by atoms with van der Waals surface area (Å²) in [5.41, 5.74) is 6.24. The summed E-state index contributed by atoms with van der Waals surface area (Å²) in [6.45, 7) is 15.4. The molecule has 0 N–H and O–H groups in total. The first-order valence-corrected chi connectivity index (χ1v) is 21.9. The zero-order chi connectivity index (χ0) is 40.5. The van der Waals surface area contributed by atoms with Crippen molar-refractivity contribution in [2.45, 2.75) is 91.0 Å². The van der Waals surface area contributed by atoms with E-state index in [0.717, 1.165) is 53.5 Å². The lowest BCUT2D eigenvalue weighted by Gasteiger charge is -2.33. The van der Waals surface area contributed by atoms with Crippen LogP contribution in [0.1, 0.15) is 97.9 Å². The molecule has 2 aliphatic heterocycles. The highest BCUT2D eigenvalue weighted by Crippen LogP contribution is 2.53. The van der Waals surface area contributed by atoms with Gasteiger partial charge in [-0.15, -0.1) is 0 Å². The van der Waals surface area contributed by atoms with E-state index in [-0.39, 0.29) is 28.7 Å². The summed E-state index contributed by atoms with van der Waals surface area (Å²) in [6, 6.07) is 19.0. The second kappa shape index (κ2) is 14.7. The second-order valence-electron chi connectivity index (χ2n) is 16.4. The molecule has 12 heteroatoms. The van der Waals surface area contributed by atoms with Crippen molar-refractivity contribution in [2.75, 3.05) is 19.8 Å². The molecule has 298 valence electrons. The summed E-state index contributed by atoms with van der Waals surface area (Å²) in [5, 5.41) is 6.89. The van der Waals surface area contributed by atoms with Crippen LogP contribution in [0.25, 0.3) is 28.1 Å². The summed E-state index contributed by atoms with van der Waals surface area (Å²) < 4.78 is 41.4. The number of aryl methyl sites for hydroxylation is 3. The number of imidazole rings is 1. The number of halogens is 1. The average Bonchev–Trinajstić information content (AvgIpc) is 3.89. The van der Waals surface area contributed by atoms with Crippen molar-refractivity contribution in [3.8, 4) is 17.2 Å². The van der Waals surface area contributed by atoms with Gasteiger partial charge < -0.3 is 18.8 Å². The van der Waals surface area contributed by atoms with Crippen LogP contribution in [-0.2, 0) is 22.8 Å². The molecule has 3 aromatic carbocycles. The fraction of sp³-hybridized carbons (Fsp3) is 0.400. The number of hydrogen-bond donors (Lipinski definition) is 0. The Kier molecular flexibility index (Phi) is 10.1. The lowest BCUT2D eigenvalue weighted by Crippen LogP contribution is -2.40. The number of nitrogens with zero attached hydrogens (tertiary/aromatic N) is 6. The molecule has 0 spiro atoms. The van der Waals surface area contributed by atoms with Crippen LogP contribution in [-0.4, -0.2) is 65.4 Å². The van der Waals surface area contributed by atoms with E-state index in [2.05, 4.69) is 18.2 Å². The Hall–Kier alpha value is -4.99. The van der Waals surface area contributed by atoms with E-state index in [1.807, 2.05) is 81.5 Å². The molecule has 1 amide bonds. The van der Waals surface area contributed by atoms with Crippen LogP contribution in [0.2, 0.25) is 0 Å². The molecular formula is C45H52FN6O4P. The van der Waals surface area contributed by atoms with Crippen molar-refractivity contribution in [3.05, 3.63) is 123 Å². The highest BCUT2D eigenvalue weighted by Gasteiger charge is 2.37. The molecule has 0 radical (unpaired) electrons. The van der Waals surface area contributed by atoms with Gasteiger partial charge in [0.25, 0.3) is 5.91 Å². The Bertz CT molecular complexity index is 2590. The van der Waals surface area contributed by atoms with E-state index in [9.17, 15) is 18.5 Å². The van der Waals surface area contributed by atoms with Crippen LogP contribution in [0.3, 0.4) is 0 Å². The van der Waals surface area contributed by atoms with E-state index in [0.29, 0.717) is 52.9 Å². The molecule has 1 atom stereocenters. The number of rotatable bonds is 8. The molecule has 5 heterocycles. The molecule has 0 aliphatic carbocycles. The quantitative estimate of drug-likeness (QED) is 0.144. The monoisotopic (exact) mass is 790 g/mol. The number of fused-ring (bicyclic) bond motifs is 2. The van der Waals surface area contributed by atoms with Crippen LogP contribution in [0.15, 0.2) is 77.9 Å². The molecule has 2 aliphatic rings. The van der Waals surface area contributed by atoms with Crippen molar-refractivity contribution < 1.29 is 18.5 Å². The van der Waals surface area contributed by atoms with E-state index in [1.165, 1.54) is 5.56 Å². The largest absolute Gasteiger partial charge is 0.381 e. The van der Waals surface area contributed by atoms with Gasteiger partial charge in [0.15, 0.2) is 0 Å². The normalized spacial score (nSPS) is 16.6. The average molecular weight is 791 g/mol. The summed E-state index contributed by atoms with van der Waals surface area (Å²) in [7, 11) is -0.735. The number of carbonyl (C=O) groups excluding carboxylic acids is 1. The summed E-state index contributed by atoms with van der Waals surface area (Å²) in [5.74, 6) is 0.556. The Labute approximate surface area is 333 Å². The van der Waals surface area contributed by atoms with Gasteiger partial charge in [0, 0.05) is 78.7 Å². The molecule has 6 aromatic rings. The molecule has 3 aromatic heterocycles. The van der Waals surface area contributed by atoms with E-state index >= 15 is 0 Å². The summed E-state index contributed by atoms with van der Waals surface area (Å²) >= 11 is 0. The SMILES string of the molecule is Cc1cc(-n2nc3c(c2-n2ccn(-c4ccc(P(=O)(C(C)C)C(C)C)cc4)c2=O)[C@H](C)N(C(=O)c2cc4cc(C5CCOCC5)ccc4n2C)CC3)cc(C)c1F. The number of amides is 1. The highest BCUT2D eigenvalue weighted by molar-refractivity contribution is 7.72. The van der Waals surface area contributed by atoms with Crippen LogP contribution in [0.5, 0.6) is 0 Å². The number of carbonyl (C=O) groups is 1. The molecule has 57 heavy (non-hydrogen) atoms. The van der Waals surface area contributed by atoms with E-state index in [4.69, 9.17) is 9.84 Å². The standard InChI is InChI=1S/C45H52FN6O4P/c1-27(2)57(55,28(3)4)37-12-10-35(11-13-37)50-19-20-51(45(50)54)43-41-31(7)49(18-15-38(41)47-52(43)36-23-29(5)42(46)30(6)24-36)44(53)40-26-34-25-33(9-14-39(34)48(40)8)32-16-21-56-22-17-32/h9-14,19-20,23-28,31-32H,15-18,21-22H2,1-8H3/t31-/m0/s1. The van der Waals surface area contributed by atoms with Gasteiger partial charge in [-0.3, -0.25) is 13.9 Å². The predicted molar refractivity (Wildman–Crippen MR) is 224 cm³/mol. The van der Waals surface area contributed by atoms with Crippen LogP contribution in [0, 0.1) is 19.7 Å². The number of aromatic nitrogens is 5. The zero-order valence-electron chi connectivity index (χ0n) is 34.1. The Morgan fingerprint density at radius 3 is 2.19 bits per heavy atom. The van der Waals surface area contributed by atoms with Crippen molar-refractivity contribution >= 4 is 29.3 Å². The molecule has 0 unspecified atom stereocenters. The van der Waals surface area contributed by atoms with Gasteiger partial charge in [-0.25, -0.2) is 13.9 Å². The van der Waals surface area contributed by atoms with Crippen molar-refractivity contribution in [2.24, 2.45) is 7.05 Å². The lowest BCUT2D eigenvalue weighted by molar-refractivity contribution is 0.0667. The predicted octanol–water partition coefficient (Wildman–Crippen LogP) is 8.52. The number of hydrogen-bond acceptors (Lipinski definition) is 5. The third-order valence-corrected chi connectivity index (χ3v) is 16.6. The number of ether oxygens (including phenoxy) is 1. The summed E-state index contributed by atoms with van der Waals surface area (Å²) in [4.78, 5) is 31.0. The minimum atomic E-state index is -2.67. The Morgan fingerprint density at radius 1 is 0.895 bits per heavy atom. The first-order valence-electron chi connectivity index (χ1n) is 20.1. The van der Waals surface area contributed by atoms with Crippen molar-refractivity contribution in [1.29, 1.82) is 0 Å². The molecule has 1 fully saturated rings. The number of benzene rings is 3. The smallest absolute Gasteiger partial charge is 0.338 e. The third kappa shape index (κ3) is 6.43. The fourth-order valence-electron chi connectivity index (χ4n) is 9.17. The van der Waals surface area contributed by atoms with Gasteiger partial charge in [-0.1, -0.05) is 33.8 Å². The molecular weight excluding hydrogens is 739 g/mol. The highest BCUT2D eigenvalue weighted by atomic mass is 31.2. The Morgan fingerprint density at radius 2 is 1.54 bits per heavy atom. The first kappa shape index (κ1) is 38.9. The minimum Gasteiger partial charge on any atom is -0.381 e. The maximum atomic E-state index is 15.0. The molecule has 0 saturated carbocycles. The lowest BCUT2D eigenvalue weighted by atomic mass is 9.91. The first-order chi connectivity index (χ1) is 27.2. The maximum Gasteiger partial charge on any atom is 0.338 e. The second-order valence-corrected chi connectivity index (χ2v) is 20.4. The van der Waals surface area contributed by atoms with E-state index in [1.54, 1.807) is 52.2 Å². The van der Waals surface area contributed by atoms with Gasteiger partial charge in [0.2, 0.25) is 0 Å². The van der Waals surface area contributed by atoms with Gasteiger partial charge in [-0.05, 0) is 111 Å². The molecule has 0 bridgehead atoms. The Balaban J connectivity index is 1.20. The van der Waals surface area contributed by atoms with Gasteiger partial charge in [0.05, 0.1) is 23.1 Å². The topological polar surface area (TPSA) is 96.3 Å². The maximum absolute atomic E-state index is 15.0. The van der Waals surface area contributed by atoms with Gasteiger partial charge >= 0.3 is 5.69 Å². The van der Waals surface area contributed by atoms with Crippen molar-refractivity contribution in [1.82, 2.24) is 28.4 Å². The fourth-order valence-corrected chi connectivity index (χ4v) is 12.2. The third-order valence-electron chi connectivity index (χ3n) is 12.4. The van der Waals surface area contributed by atoms with Crippen LogP contribution >= 0.6 is 7.14 Å².